The van der Waals surface area contributed by atoms with Crippen LogP contribution in [0.1, 0.15) is 43.1 Å². The molecule has 2 heterocycles. The van der Waals surface area contributed by atoms with Crippen LogP contribution in [0.25, 0.3) is 11.8 Å². The number of rotatable bonds is 6. The molecule has 0 N–H and O–H groups in total. The number of aromatic nitrogens is 2. The van der Waals surface area contributed by atoms with E-state index >= 15 is 0 Å². The topological polar surface area (TPSA) is 51.9 Å². The number of halogens is 3. The van der Waals surface area contributed by atoms with Crippen LogP contribution in [0.4, 0.5) is 13.2 Å². The number of ether oxygens (including phenoxy) is 1. The Kier molecular flexibility index (Phi) is 7.10. The van der Waals surface area contributed by atoms with Gasteiger partial charge in [0.1, 0.15) is 5.75 Å². The Morgan fingerprint density at radius 3 is 2.42 bits per heavy atom. The Balaban J connectivity index is 0.00000304. The van der Waals surface area contributed by atoms with E-state index in [-0.39, 0.29) is 19.4 Å². The molecule has 0 radical (unpaired) electrons. The molecule has 2 aromatic carbocycles. The maximum absolute atomic E-state index is 14.0. The van der Waals surface area contributed by atoms with Gasteiger partial charge in [0.2, 0.25) is 0 Å². The van der Waals surface area contributed by atoms with Crippen LogP contribution in [-0.2, 0) is 4.84 Å². The summed E-state index contributed by atoms with van der Waals surface area (Å²) in [6.07, 6.45) is 8.78. The highest BCUT2D eigenvalue weighted by Crippen LogP contribution is 2.44. The summed E-state index contributed by atoms with van der Waals surface area (Å²) in [7, 11) is 3.39. The fourth-order valence-electron chi connectivity index (χ4n) is 4.41. The highest BCUT2D eigenvalue weighted by atomic mass is 19.2. The van der Waals surface area contributed by atoms with Crippen molar-refractivity contribution in [1.29, 1.82) is 0 Å². The largest absolute Gasteiger partial charge is 0.495 e. The second-order valence-corrected chi connectivity index (χ2v) is 8.90. The minimum atomic E-state index is -1.48. The molecule has 9 heteroatoms. The molecule has 3 aromatic rings. The van der Waals surface area contributed by atoms with Crippen LogP contribution < -0.4 is 4.74 Å². The van der Waals surface area contributed by atoms with E-state index in [1.165, 1.54) is 0 Å². The number of benzene rings is 2. The number of aryl methyl sites for hydroxylation is 1. The van der Waals surface area contributed by atoms with Crippen molar-refractivity contribution in [1.82, 2.24) is 14.5 Å². The zero-order chi connectivity index (χ0) is 24.7. The number of nitrogens with zero attached hydrogens (tertiary/aromatic N) is 4. The van der Waals surface area contributed by atoms with Gasteiger partial charge >= 0.3 is 0 Å². The van der Waals surface area contributed by atoms with Gasteiger partial charge in [-0.2, -0.15) is 0 Å². The molecule has 2 atom stereocenters. The SMILES string of the molecule is C.COc1cc(/C=C/C2=NOC(C3CC3)[C@H](c3cc(F)c(F)c(F)c3)N2C)ccc1-n1cnc(C)c1. The minimum absolute atomic E-state index is 0. The summed E-state index contributed by atoms with van der Waals surface area (Å²) in [6.45, 7) is 1.92. The fraction of sp³-hybridized carbons (Fsp3) is 0.333. The monoisotopic (exact) mass is 498 g/mol. The van der Waals surface area contributed by atoms with Crippen LogP contribution in [0.3, 0.4) is 0 Å². The third-order valence-corrected chi connectivity index (χ3v) is 6.41. The molecular formula is C27H29F3N4O2. The molecule has 1 aliphatic carbocycles. The Bertz CT molecular complexity index is 1290. The first kappa shape index (κ1) is 25.3. The van der Waals surface area contributed by atoms with Gasteiger partial charge in [0.25, 0.3) is 0 Å². The summed E-state index contributed by atoms with van der Waals surface area (Å²) in [5.74, 6) is -2.54. The summed E-state index contributed by atoms with van der Waals surface area (Å²) in [4.78, 5) is 11.9. The van der Waals surface area contributed by atoms with E-state index in [0.29, 0.717) is 17.1 Å². The van der Waals surface area contributed by atoms with Crippen molar-refractivity contribution >= 4 is 11.9 Å². The smallest absolute Gasteiger partial charge is 0.194 e. The lowest BCUT2D eigenvalue weighted by atomic mass is 9.95. The summed E-state index contributed by atoms with van der Waals surface area (Å²) in [6, 6.07) is 7.31. The molecule has 1 aromatic heterocycles. The van der Waals surface area contributed by atoms with Crippen molar-refractivity contribution in [3.8, 4) is 11.4 Å². The lowest BCUT2D eigenvalue weighted by molar-refractivity contribution is -0.0256. The van der Waals surface area contributed by atoms with Gasteiger partial charge in [-0.3, -0.25) is 0 Å². The van der Waals surface area contributed by atoms with E-state index in [2.05, 4.69) is 10.1 Å². The number of imidazole rings is 1. The van der Waals surface area contributed by atoms with Crippen LogP contribution in [0.2, 0.25) is 0 Å². The van der Waals surface area contributed by atoms with Crippen molar-refractivity contribution in [2.75, 3.05) is 14.2 Å². The summed E-state index contributed by atoms with van der Waals surface area (Å²) < 4.78 is 49.1. The molecule has 5 rings (SSSR count). The van der Waals surface area contributed by atoms with E-state index in [4.69, 9.17) is 9.57 Å². The van der Waals surface area contributed by atoms with Crippen LogP contribution in [0.5, 0.6) is 5.75 Å². The summed E-state index contributed by atoms with van der Waals surface area (Å²) in [5, 5.41) is 4.27. The molecule has 1 fully saturated rings. The standard InChI is InChI=1S/C26H25F3N4O2.CH4/c1-15-13-33(14-30-15)21-8-4-16(10-22(21)34-3)5-9-23-31-35-26(17-6-7-17)25(32(23)2)18-11-19(27)24(29)20(28)12-18;/h4-5,8-14,17,25-26H,6-7H2,1-3H3;1H4/b9-5+;/t25-,26?;/m0./s1. The normalized spacial score (nSPS) is 19.6. The first-order chi connectivity index (χ1) is 16.9. The van der Waals surface area contributed by atoms with Gasteiger partial charge in [0.05, 0.1) is 30.9 Å². The molecule has 0 bridgehead atoms. The van der Waals surface area contributed by atoms with E-state index in [0.717, 1.165) is 41.9 Å². The first-order valence-electron chi connectivity index (χ1n) is 11.3. The molecule has 6 nitrogen and oxygen atoms in total. The van der Waals surface area contributed by atoms with Crippen molar-refractivity contribution in [3.05, 3.63) is 83.2 Å². The average Bonchev–Trinajstić information content (AvgIpc) is 3.61. The van der Waals surface area contributed by atoms with Crippen LogP contribution >= 0.6 is 0 Å². The Morgan fingerprint density at radius 2 is 1.81 bits per heavy atom. The number of methoxy groups -OCH3 is 1. The zero-order valence-corrected chi connectivity index (χ0v) is 19.6. The lowest BCUT2D eigenvalue weighted by Gasteiger charge is -2.38. The summed E-state index contributed by atoms with van der Waals surface area (Å²) >= 11 is 0. The molecule has 1 saturated carbocycles. The molecule has 1 unspecified atom stereocenters. The molecule has 0 saturated heterocycles. The average molecular weight is 499 g/mol. The van der Waals surface area contributed by atoms with E-state index in [1.54, 1.807) is 26.6 Å². The van der Waals surface area contributed by atoms with Crippen molar-refractivity contribution in [3.63, 3.8) is 0 Å². The van der Waals surface area contributed by atoms with Crippen molar-refractivity contribution < 1.29 is 22.7 Å². The second kappa shape index (κ2) is 10.1. The molecule has 190 valence electrons. The number of hydrogen-bond acceptors (Lipinski definition) is 5. The third kappa shape index (κ3) is 4.82. The van der Waals surface area contributed by atoms with Gasteiger partial charge in [-0.05, 0) is 61.2 Å². The lowest BCUT2D eigenvalue weighted by Crippen LogP contribution is -2.43. The highest BCUT2D eigenvalue weighted by molar-refractivity contribution is 5.96. The van der Waals surface area contributed by atoms with Crippen LogP contribution in [-0.4, -0.2) is 40.5 Å². The first-order valence-corrected chi connectivity index (χ1v) is 11.3. The van der Waals surface area contributed by atoms with E-state index in [9.17, 15) is 13.2 Å². The predicted molar refractivity (Wildman–Crippen MR) is 132 cm³/mol. The van der Waals surface area contributed by atoms with Gasteiger partial charge in [-0.1, -0.05) is 24.7 Å². The minimum Gasteiger partial charge on any atom is -0.495 e. The van der Waals surface area contributed by atoms with E-state index < -0.39 is 23.5 Å². The van der Waals surface area contributed by atoms with Gasteiger partial charge < -0.3 is 19.0 Å². The third-order valence-electron chi connectivity index (χ3n) is 6.41. The number of amidine groups is 1. The highest BCUT2D eigenvalue weighted by Gasteiger charge is 2.44. The van der Waals surface area contributed by atoms with Gasteiger partial charge in [-0.15, -0.1) is 0 Å². The molecule has 1 aliphatic heterocycles. The molecule has 0 spiro atoms. The maximum Gasteiger partial charge on any atom is 0.194 e. The van der Waals surface area contributed by atoms with Gasteiger partial charge in [0.15, 0.2) is 29.4 Å². The Morgan fingerprint density at radius 1 is 1.08 bits per heavy atom. The van der Waals surface area contributed by atoms with Crippen molar-refractivity contribution in [2.24, 2.45) is 11.1 Å². The van der Waals surface area contributed by atoms with Crippen LogP contribution in [0, 0.1) is 30.3 Å². The number of oxime groups is 1. The molecule has 2 aliphatic rings. The van der Waals surface area contributed by atoms with Crippen molar-refractivity contribution in [2.45, 2.75) is 39.3 Å². The quantitative estimate of drug-likeness (QED) is 0.388. The Labute approximate surface area is 208 Å². The molecular weight excluding hydrogens is 469 g/mol. The predicted octanol–water partition coefficient (Wildman–Crippen LogP) is 6.05. The fourth-order valence-corrected chi connectivity index (χ4v) is 4.41. The van der Waals surface area contributed by atoms with Gasteiger partial charge in [-0.25, -0.2) is 18.2 Å². The number of hydrogen-bond donors (Lipinski definition) is 0. The van der Waals surface area contributed by atoms with Crippen LogP contribution in [0.15, 0.2) is 54.1 Å². The number of likely N-dealkylation sites (N-methyl/N-ethyl adjacent to an activating group) is 1. The zero-order valence-electron chi connectivity index (χ0n) is 19.6. The van der Waals surface area contributed by atoms with E-state index in [1.807, 2.05) is 46.9 Å². The second-order valence-electron chi connectivity index (χ2n) is 8.90. The molecule has 0 amide bonds. The molecule has 36 heavy (non-hydrogen) atoms. The maximum atomic E-state index is 14.0. The van der Waals surface area contributed by atoms with Gasteiger partial charge in [0, 0.05) is 19.2 Å². The Hall–Kier alpha value is -3.75. The summed E-state index contributed by atoms with van der Waals surface area (Å²) in [5.41, 5.74) is 2.92.